The molecule has 0 aromatic heterocycles. The monoisotopic (exact) mass is 284 g/mol. The van der Waals surface area contributed by atoms with E-state index in [-0.39, 0.29) is 0 Å². The van der Waals surface area contributed by atoms with Gasteiger partial charge in [0.25, 0.3) is 0 Å². The minimum atomic E-state index is 0.770. The van der Waals surface area contributed by atoms with E-state index >= 15 is 0 Å². The van der Waals surface area contributed by atoms with Crippen LogP contribution < -0.4 is 0 Å². The second-order valence-electron chi connectivity index (χ2n) is 7.23. The summed E-state index contributed by atoms with van der Waals surface area (Å²) in [7, 11) is 0. The first-order chi connectivity index (χ1) is 10.1. The van der Waals surface area contributed by atoms with E-state index in [4.69, 9.17) is 0 Å². The van der Waals surface area contributed by atoms with Crippen molar-refractivity contribution >= 4 is 0 Å². The van der Waals surface area contributed by atoms with Gasteiger partial charge < -0.3 is 0 Å². The van der Waals surface area contributed by atoms with Gasteiger partial charge in [0.15, 0.2) is 0 Å². The average Bonchev–Trinajstić information content (AvgIpc) is 2.29. The molecule has 0 radical (unpaired) electrons. The third kappa shape index (κ3) is 4.73. The van der Waals surface area contributed by atoms with Gasteiger partial charge in [-0.1, -0.05) is 55.7 Å². The first-order valence-electron chi connectivity index (χ1n) is 8.83. The first-order valence-corrected chi connectivity index (χ1v) is 8.83. The number of hydrogen-bond acceptors (Lipinski definition) is 0. The zero-order valence-electron chi connectivity index (χ0n) is 14.4. The summed E-state index contributed by atoms with van der Waals surface area (Å²) in [5, 5.41) is 0. The van der Waals surface area contributed by atoms with Crippen LogP contribution in [0.15, 0.2) is 29.8 Å². The molecule has 0 nitrogen and oxygen atoms in total. The predicted molar refractivity (Wildman–Crippen MR) is 93.9 cm³/mol. The van der Waals surface area contributed by atoms with Gasteiger partial charge in [-0.2, -0.15) is 0 Å². The molecule has 0 N–H and O–H groups in total. The molecule has 0 heterocycles. The van der Waals surface area contributed by atoms with E-state index in [0.717, 1.165) is 11.8 Å². The molecule has 2 fully saturated rings. The van der Waals surface area contributed by atoms with Crippen LogP contribution in [0.2, 0.25) is 0 Å². The smallest absolute Gasteiger partial charge is 0.0159 e. The molecule has 0 saturated heterocycles. The number of aryl methyl sites for hydroxylation is 1. The molecule has 116 valence electrons. The summed E-state index contributed by atoms with van der Waals surface area (Å²) < 4.78 is 0. The Hall–Kier alpha value is -1.04. The van der Waals surface area contributed by atoms with Crippen molar-refractivity contribution in [1.29, 1.82) is 0 Å². The third-order valence-electron chi connectivity index (χ3n) is 4.88. The molecule has 0 amide bonds. The predicted octanol–water partition coefficient (Wildman–Crippen LogP) is 6.58. The summed E-state index contributed by atoms with van der Waals surface area (Å²) >= 11 is 0. The Labute approximate surface area is 131 Å². The molecular formula is C21H32. The molecule has 0 aliphatic heterocycles. The molecular weight excluding hydrogens is 252 g/mol. The maximum absolute atomic E-state index is 2.42. The van der Waals surface area contributed by atoms with Crippen molar-refractivity contribution in [1.82, 2.24) is 0 Å². The standard InChI is InChI=1S/C15H22.C6H10/c1-11(2)9-14-8-7-12(3)10-15(14)13-5-4-6-13;1-2-6-4-3-5-6/h7-8,10-11,13H,4-6,9H2,1-3H3;2H,3-5H2,1H3. The van der Waals surface area contributed by atoms with Crippen LogP contribution in [0.1, 0.15) is 81.9 Å². The summed E-state index contributed by atoms with van der Waals surface area (Å²) in [4.78, 5) is 0. The molecule has 3 rings (SSSR count). The van der Waals surface area contributed by atoms with Gasteiger partial charge in [0.1, 0.15) is 0 Å². The van der Waals surface area contributed by atoms with E-state index < -0.39 is 0 Å². The Bertz CT molecular complexity index is 469. The lowest BCUT2D eigenvalue weighted by atomic mass is 9.76. The van der Waals surface area contributed by atoms with Crippen molar-refractivity contribution in [2.75, 3.05) is 0 Å². The summed E-state index contributed by atoms with van der Waals surface area (Å²) in [6.07, 6.45) is 11.9. The molecule has 1 aromatic carbocycles. The van der Waals surface area contributed by atoms with Crippen molar-refractivity contribution in [2.45, 2.75) is 78.6 Å². The summed E-state index contributed by atoms with van der Waals surface area (Å²) in [5.41, 5.74) is 6.31. The highest BCUT2D eigenvalue weighted by Crippen LogP contribution is 2.38. The highest BCUT2D eigenvalue weighted by atomic mass is 14.3. The van der Waals surface area contributed by atoms with Crippen molar-refractivity contribution in [2.24, 2.45) is 5.92 Å². The molecule has 0 bridgehead atoms. The van der Waals surface area contributed by atoms with Crippen LogP contribution in [0.5, 0.6) is 0 Å². The first kappa shape index (κ1) is 16.3. The Morgan fingerprint density at radius 2 is 1.86 bits per heavy atom. The Morgan fingerprint density at radius 1 is 1.14 bits per heavy atom. The van der Waals surface area contributed by atoms with Gasteiger partial charge in [0.2, 0.25) is 0 Å². The minimum absolute atomic E-state index is 0.770. The van der Waals surface area contributed by atoms with E-state index in [9.17, 15) is 0 Å². The fourth-order valence-electron chi connectivity index (χ4n) is 3.11. The normalized spacial score (nSPS) is 17.7. The Morgan fingerprint density at radius 3 is 2.24 bits per heavy atom. The average molecular weight is 284 g/mol. The van der Waals surface area contributed by atoms with Gasteiger partial charge in [0, 0.05) is 0 Å². The molecule has 0 unspecified atom stereocenters. The van der Waals surface area contributed by atoms with Crippen LogP contribution in [0, 0.1) is 12.8 Å². The van der Waals surface area contributed by atoms with E-state index in [2.05, 4.69) is 52.0 Å². The van der Waals surface area contributed by atoms with Crippen LogP contribution >= 0.6 is 0 Å². The van der Waals surface area contributed by atoms with Gasteiger partial charge in [-0.15, -0.1) is 0 Å². The number of benzene rings is 1. The Kier molecular flexibility index (Phi) is 6.08. The lowest BCUT2D eigenvalue weighted by molar-refractivity contribution is 0.415. The van der Waals surface area contributed by atoms with Crippen molar-refractivity contribution < 1.29 is 0 Å². The van der Waals surface area contributed by atoms with Gasteiger partial charge in [-0.25, -0.2) is 0 Å². The molecule has 0 heteroatoms. The zero-order valence-corrected chi connectivity index (χ0v) is 14.4. The van der Waals surface area contributed by atoms with Crippen LogP contribution in [0.4, 0.5) is 0 Å². The van der Waals surface area contributed by atoms with E-state index in [0.29, 0.717) is 0 Å². The number of hydrogen-bond donors (Lipinski definition) is 0. The largest absolute Gasteiger partial charge is 0.0885 e. The molecule has 1 aromatic rings. The molecule has 0 atom stereocenters. The molecule has 2 aliphatic rings. The van der Waals surface area contributed by atoms with Gasteiger partial charge in [-0.3, -0.25) is 0 Å². The minimum Gasteiger partial charge on any atom is -0.0885 e. The molecule has 2 saturated carbocycles. The highest BCUT2D eigenvalue weighted by Gasteiger charge is 2.22. The third-order valence-corrected chi connectivity index (χ3v) is 4.88. The quantitative estimate of drug-likeness (QED) is 0.550. The fraction of sp³-hybridized carbons (Fsp3) is 0.619. The lowest BCUT2D eigenvalue weighted by Gasteiger charge is -2.28. The van der Waals surface area contributed by atoms with Crippen LogP contribution in [0.25, 0.3) is 0 Å². The Balaban J connectivity index is 0.000000225. The maximum atomic E-state index is 2.42. The van der Waals surface area contributed by atoms with Crippen molar-refractivity contribution in [3.63, 3.8) is 0 Å². The lowest BCUT2D eigenvalue weighted by Crippen LogP contribution is -2.12. The molecule has 0 spiro atoms. The summed E-state index contributed by atoms with van der Waals surface area (Å²) in [5.74, 6) is 1.64. The fourth-order valence-corrected chi connectivity index (χ4v) is 3.11. The van der Waals surface area contributed by atoms with Gasteiger partial charge in [0.05, 0.1) is 0 Å². The number of rotatable bonds is 3. The van der Waals surface area contributed by atoms with Crippen LogP contribution in [-0.2, 0) is 6.42 Å². The van der Waals surface area contributed by atoms with E-state index in [1.807, 2.05) is 0 Å². The SMILES string of the molecule is CC=C1CCC1.Cc1ccc(CC(C)C)c(C2CCC2)c1. The second kappa shape index (κ2) is 7.82. The van der Waals surface area contributed by atoms with Crippen molar-refractivity contribution in [3.8, 4) is 0 Å². The molecule has 2 aliphatic carbocycles. The highest BCUT2D eigenvalue weighted by molar-refractivity contribution is 5.35. The summed E-state index contributed by atoms with van der Waals surface area (Å²) in [6.45, 7) is 8.95. The van der Waals surface area contributed by atoms with Gasteiger partial charge in [-0.05, 0) is 75.3 Å². The number of allylic oxidation sites excluding steroid dienone is 2. The zero-order chi connectivity index (χ0) is 15.2. The molecule has 21 heavy (non-hydrogen) atoms. The van der Waals surface area contributed by atoms with Crippen molar-refractivity contribution in [3.05, 3.63) is 46.5 Å². The topological polar surface area (TPSA) is 0 Å². The van der Waals surface area contributed by atoms with Crippen LogP contribution in [-0.4, -0.2) is 0 Å². The van der Waals surface area contributed by atoms with Crippen LogP contribution in [0.3, 0.4) is 0 Å². The second-order valence-corrected chi connectivity index (χ2v) is 7.23. The summed E-state index contributed by atoms with van der Waals surface area (Å²) in [6, 6.07) is 7.03. The van der Waals surface area contributed by atoms with E-state index in [1.165, 1.54) is 50.5 Å². The maximum Gasteiger partial charge on any atom is -0.0159 e. The van der Waals surface area contributed by atoms with Gasteiger partial charge >= 0.3 is 0 Å². The van der Waals surface area contributed by atoms with E-state index in [1.54, 1.807) is 16.7 Å².